The predicted octanol–water partition coefficient (Wildman–Crippen LogP) is 3.39. The van der Waals surface area contributed by atoms with E-state index in [1.807, 2.05) is 41.9 Å². The number of halogens is 1. The maximum Gasteiger partial charge on any atom is 0.191 e. The van der Waals surface area contributed by atoms with Crippen LogP contribution in [0.25, 0.3) is 0 Å². The Kier molecular flexibility index (Phi) is 10.6. The highest BCUT2D eigenvalue weighted by Gasteiger charge is 2.23. The molecule has 0 saturated heterocycles. The standard InChI is InChI=1S/C20H29N3O3S.HI/c1-5-21-19(23-14-20(2,24)16-9-11-27-13-16)22-10-8-15-6-7-17(25-3)18(12-15)26-4;/h6-7,9,11-13,24H,5,8,10,14H2,1-4H3,(H2,21,22,23);1H. The molecule has 28 heavy (non-hydrogen) atoms. The molecule has 1 atom stereocenters. The number of methoxy groups -OCH3 is 2. The number of hydrogen-bond acceptors (Lipinski definition) is 5. The van der Waals surface area contributed by atoms with Crippen LogP contribution in [0.4, 0.5) is 0 Å². The summed E-state index contributed by atoms with van der Waals surface area (Å²) in [5.74, 6) is 2.13. The number of rotatable bonds is 9. The van der Waals surface area contributed by atoms with Crippen molar-refractivity contribution in [2.75, 3.05) is 33.9 Å². The van der Waals surface area contributed by atoms with E-state index in [4.69, 9.17) is 9.47 Å². The molecule has 0 radical (unpaired) electrons. The Balaban J connectivity index is 0.00000392. The minimum atomic E-state index is -0.980. The van der Waals surface area contributed by atoms with Crippen molar-refractivity contribution < 1.29 is 14.6 Å². The van der Waals surface area contributed by atoms with E-state index >= 15 is 0 Å². The number of guanidine groups is 1. The van der Waals surface area contributed by atoms with E-state index in [9.17, 15) is 5.11 Å². The predicted molar refractivity (Wildman–Crippen MR) is 127 cm³/mol. The number of thiophene rings is 1. The van der Waals surface area contributed by atoms with Crippen molar-refractivity contribution in [1.82, 2.24) is 10.6 Å². The Morgan fingerprint density at radius 1 is 1.18 bits per heavy atom. The molecular weight excluding hydrogens is 489 g/mol. The van der Waals surface area contributed by atoms with Crippen LogP contribution in [0.1, 0.15) is 25.0 Å². The van der Waals surface area contributed by atoms with E-state index in [0.717, 1.165) is 35.6 Å². The summed E-state index contributed by atoms with van der Waals surface area (Å²) in [6, 6.07) is 7.84. The Morgan fingerprint density at radius 2 is 1.93 bits per heavy atom. The van der Waals surface area contributed by atoms with Gasteiger partial charge in [-0.3, -0.25) is 0 Å². The Morgan fingerprint density at radius 3 is 2.54 bits per heavy atom. The highest BCUT2D eigenvalue weighted by molar-refractivity contribution is 14.0. The number of aliphatic hydroxyl groups is 1. The molecule has 0 saturated carbocycles. The van der Waals surface area contributed by atoms with Crippen LogP contribution >= 0.6 is 35.3 Å². The van der Waals surface area contributed by atoms with Crippen molar-refractivity contribution >= 4 is 41.3 Å². The highest BCUT2D eigenvalue weighted by atomic mass is 127. The summed E-state index contributed by atoms with van der Waals surface area (Å²) >= 11 is 1.57. The highest BCUT2D eigenvalue weighted by Crippen LogP contribution is 2.27. The summed E-state index contributed by atoms with van der Waals surface area (Å²) < 4.78 is 10.6. The summed E-state index contributed by atoms with van der Waals surface area (Å²) in [5, 5.41) is 21.1. The van der Waals surface area contributed by atoms with Gasteiger partial charge < -0.3 is 25.2 Å². The first-order valence-corrected chi connectivity index (χ1v) is 9.92. The molecule has 0 aliphatic heterocycles. The third-order valence-corrected chi connectivity index (χ3v) is 4.87. The quantitative estimate of drug-likeness (QED) is 0.269. The molecule has 0 spiro atoms. The molecule has 1 heterocycles. The summed E-state index contributed by atoms with van der Waals surface area (Å²) in [7, 11) is 3.26. The van der Waals surface area contributed by atoms with Crippen LogP contribution in [0.2, 0.25) is 0 Å². The maximum absolute atomic E-state index is 10.6. The van der Waals surface area contributed by atoms with Gasteiger partial charge >= 0.3 is 0 Å². The van der Waals surface area contributed by atoms with E-state index in [1.54, 1.807) is 32.5 Å². The lowest BCUT2D eigenvalue weighted by atomic mass is 10.00. The van der Waals surface area contributed by atoms with Gasteiger partial charge in [-0.1, -0.05) is 6.07 Å². The minimum Gasteiger partial charge on any atom is -0.493 e. The maximum atomic E-state index is 10.6. The van der Waals surface area contributed by atoms with Gasteiger partial charge in [0.15, 0.2) is 17.5 Å². The zero-order chi connectivity index (χ0) is 19.7. The second-order valence-electron chi connectivity index (χ2n) is 6.35. The fourth-order valence-electron chi connectivity index (χ4n) is 2.60. The van der Waals surface area contributed by atoms with Crippen molar-refractivity contribution in [3.63, 3.8) is 0 Å². The van der Waals surface area contributed by atoms with Crippen LogP contribution in [0.3, 0.4) is 0 Å². The molecule has 0 aliphatic rings. The number of benzene rings is 1. The van der Waals surface area contributed by atoms with Crippen molar-refractivity contribution in [3.8, 4) is 11.5 Å². The normalized spacial score (nSPS) is 13.2. The average Bonchev–Trinajstić information content (AvgIpc) is 3.22. The number of nitrogens with zero attached hydrogens (tertiary/aromatic N) is 1. The lowest BCUT2D eigenvalue weighted by molar-refractivity contribution is 0.0677. The van der Waals surface area contributed by atoms with Crippen molar-refractivity contribution in [1.29, 1.82) is 0 Å². The van der Waals surface area contributed by atoms with Crippen LogP contribution in [0.5, 0.6) is 11.5 Å². The lowest BCUT2D eigenvalue weighted by Gasteiger charge is -2.21. The second-order valence-corrected chi connectivity index (χ2v) is 7.13. The molecule has 156 valence electrons. The average molecular weight is 519 g/mol. The van der Waals surface area contributed by atoms with Gasteiger partial charge in [0.05, 0.1) is 20.8 Å². The molecule has 0 amide bonds. The van der Waals surface area contributed by atoms with Crippen LogP contribution < -0.4 is 20.1 Å². The topological polar surface area (TPSA) is 75.1 Å². The van der Waals surface area contributed by atoms with E-state index in [2.05, 4.69) is 15.6 Å². The van der Waals surface area contributed by atoms with Gasteiger partial charge in [0.1, 0.15) is 5.60 Å². The fraction of sp³-hybridized carbons (Fsp3) is 0.450. The second kappa shape index (κ2) is 12.1. The molecule has 2 rings (SSSR count). The van der Waals surface area contributed by atoms with Crippen LogP contribution in [0, 0.1) is 0 Å². The molecule has 3 N–H and O–H groups in total. The smallest absolute Gasteiger partial charge is 0.191 e. The Hall–Kier alpha value is -1.52. The van der Waals surface area contributed by atoms with Crippen LogP contribution in [0.15, 0.2) is 40.0 Å². The Bertz CT molecular complexity index is 736. The number of ether oxygens (including phenoxy) is 2. The van der Waals surface area contributed by atoms with Gasteiger partial charge in [-0.05, 0) is 60.4 Å². The first kappa shape index (κ1) is 24.5. The van der Waals surface area contributed by atoms with Gasteiger partial charge in [0.2, 0.25) is 0 Å². The monoisotopic (exact) mass is 519 g/mol. The molecule has 0 bridgehead atoms. The van der Waals surface area contributed by atoms with Gasteiger partial charge in [-0.15, -0.1) is 24.0 Å². The Labute approximate surface area is 188 Å². The number of nitrogens with one attached hydrogen (secondary N) is 2. The third-order valence-electron chi connectivity index (χ3n) is 4.19. The van der Waals surface area contributed by atoms with Crippen molar-refractivity contribution in [2.24, 2.45) is 4.99 Å². The van der Waals surface area contributed by atoms with E-state index in [0.29, 0.717) is 12.5 Å². The zero-order valence-electron chi connectivity index (χ0n) is 16.8. The van der Waals surface area contributed by atoms with Gasteiger partial charge in [-0.25, -0.2) is 4.99 Å². The van der Waals surface area contributed by atoms with E-state index < -0.39 is 5.60 Å². The molecule has 2 aromatic rings. The molecule has 0 fully saturated rings. The van der Waals surface area contributed by atoms with Crippen molar-refractivity contribution in [2.45, 2.75) is 25.9 Å². The first-order valence-electron chi connectivity index (χ1n) is 8.98. The number of aliphatic imine (C=N–C) groups is 1. The molecular formula is C20H30IN3O3S. The molecule has 0 aliphatic carbocycles. The number of hydrogen-bond donors (Lipinski definition) is 3. The van der Waals surface area contributed by atoms with Crippen LogP contribution in [-0.4, -0.2) is 44.9 Å². The van der Waals surface area contributed by atoms with E-state index in [1.165, 1.54) is 0 Å². The SMILES string of the molecule is CCNC(=NCC(C)(O)c1ccsc1)NCCc1ccc(OC)c(OC)c1.I. The van der Waals surface area contributed by atoms with Gasteiger partial charge in [0, 0.05) is 13.1 Å². The summed E-state index contributed by atoms with van der Waals surface area (Å²) in [6.07, 6.45) is 0.811. The summed E-state index contributed by atoms with van der Waals surface area (Å²) in [6.45, 7) is 5.55. The molecule has 6 nitrogen and oxygen atoms in total. The third kappa shape index (κ3) is 7.14. The fourth-order valence-corrected chi connectivity index (χ4v) is 3.38. The minimum absolute atomic E-state index is 0. The molecule has 1 unspecified atom stereocenters. The summed E-state index contributed by atoms with van der Waals surface area (Å²) in [4.78, 5) is 4.54. The first-order chi connectivity index (χ1) is 13.0. The molecule has 8 heteroatoms. The van der Waals surface area contributed by atoms with Gasteiger partial charge in [0.25, 0.3) is 0 Å². The molecule has 1 aromatic carbocycles. The van der Waals surface area contributed by atoms with E-state index in [-0.39, 0.29) is 30.5 Å². The van der Waals surface area contributed by atoms with Crippen LogP contribution in [-0.2, 0) is 12.0 Å². The summed E-state index contributed by atoms with van der Waals surface area (Å²) in [5.41, 5.74) is 1.05. The lowest BCUT2D eigenvalue weighted by Crippen LogP contribution is -2.39. The largest absolute Gasteiger partial charge is 0.493 e. The van der Waals surface area contributed by atoms with Gasteiger partial charge in [-0.2, -0.15) is 11.3 Å². The molecule has 1 aromatic heterocycles. The van der Waals surface area contributed by atoms with Crippen molar-refractivity contribution in [3.05, 3.63) is 46.2 Å². The zero-order valence-corrected chi connectivity index (χ0v) is 20.0.